The largest absolute Gasteiger partial charge is 0.493 e. The predicted octanol–water partition coefficient (Wildman–Crippen LogP) is 10.6. The smallest absolute Gasteiger partial charge is 0.224 e. The number of hydrogen-bond donors (Lipinski definition) is 0. The van der Waals surface area contributed by atoms with E-state index in [0.717, 1.165) is 51.4 Å². The second-order valence-electron chi connectivity index (χ2n) is 11.7. The highest BCUT2D eigenvalue weighted by molar-refractivity contribution is 6.22. The first-order valence-corrected chi connectivity index (χ1v) is 14.9. The number of methoxy groups -OCH3 is 1. The van der Waals surface area contributed by atoms with E-state index in [1.54, 1.807) is 0 Å². The minimum absolute atomic E-state index is 0.119. The van der Waals surface area contributed by atoms with Gasteiger partial charge in [-0.25, -0.2) is 0 Å². The molecule has 0 radical (unpaired) electrons. The molecule has 1 aliphatic carbocycles. The number of carbonyl (C=O) groups excluding carboxylic acids is 2. The van der Waals surface area contributed by atoms with E-state index in [1.165, 1.54) is 46.6 Å². The highest BCUT2D eigenvalue weighted by atomic mass is 16.5. The van der Waals surface area contributed by atoms with Gasteiger partial charge in [-0.1, -0.05) is 69.9 Å². The molecule has 0 saturated heterocycles. The maximum Gasteiger partial charge on any atom is 0.224 e. The van der Waals surface area contributed by atoms with Gasteiger partial charge in [-0.05, 0) is 120 Å². The van der Waals surface area contributed by atoms with Gasteiger partial charge in [0, 0.05) is 17.2 Å². The fourth-order valence-corrected chi connectivity index (χ4v) is 4.53. The Bertz CT molecular complexity index is 1120. The highest BCUT2D eigenvalue weighted by Crippen LogP contribution is 2.27. The molecule has 0 atom stereocenters. The van der Waals surface area contributed by atoms with Crippen molar-refractivity contribution in [2.75, 3.05) is 7.11 Å². The number of rotatable bonds is 17. The number of allylic oxidation sites excluding steroid dienone is 15. The maximum atomic E-state index is 13.1. The van der Waals surface area contributed by atoms with Crippen LogP contribution in [0.3, 0.4) is 0 Å². The minimum Gasteiger partial charge on any atom is -0.493 e. The molecule has 0 aromatic rings. The molecular formula is C37H54O3. The van der Waals surface area contributed by atoms with Crippen LogP contribution in [0.2, 0.25) is 0 Å². The molecule has 220 valence electrons. The Hall–Kier alpha value is -2.94. The van der Waals surface area contributed by atoms with E-state index in [9.17, 15) is 9.59 Å². The molecule has 0 aliphatic heterocycles. The van der Waals surface area contributed by atoms with Gasteiger partial charge < -0.3 is 4.74 Å². The number of hydrogen-bond acceptors (Lipinski definition) is 3. The zero-order valence-electron chi connectivity index (χ0n) is 26.8. The number of ether oxygens (including phenoxy) is 1. The van der Waals surface area contributed by atoms with E-state index in [1.807, 2.05) is 0 Å². The van der Waals surface area contributed by atoms with Crippen LogP contribution in [0.5, 0.6) is 0 Å². The first kappa shape index (κ1) is 35.1. The summed E-state index contributed by atoms with van der Waals surface area (Å²) in [7, 11) is 1.45. The van der Waals surface area contributed by atoms with Gasteiger partial charge in [-0.2, -0.15) is 0 Å². The third kappa shape index (κ3) is 14.4. The van der Waals surface area contributed by atoms with Crippen LogP contribution in [-0.2, 0) is 14.3 Å². The first-order chi connectivity index (χ1) is 18.9. The van der Waals surface area contributed by atoms with Crippen molar-refractivity contribution in [2.45, 2.75) is 120 Å². The lowest BCUT2D eigenvalue weighted by atomic mass is 9.88. The van der Waals surface area contributed by atoms with Crippen LogP contribution in [0.25, 0.3) is 0 Å². The van der Waals surface area contributed by atoms with Gasteiger partial charge in [0.15, 0.2) is 11.5 Å². The van der Waals surface area contributed by atoms with E-state index in [0.29, 0.717) is 24.0 Å². The molecule has 0 aromatic carbocycles. The van der Waals surface area contributed by atoms with Crippen molar-refractivity contribution in [3.8, 4) is 0 Å². The predicted molar refractivity (Wildman–Crippen MR) is 172 cm³/mol. The lowest BCUT2D eigenvalue weighted by Gasteiger charge is -2.17. The van der Waals surface area contributed by atoms with Gasteiger partial charge in [0.05, 0.1) is 7.11 Å². The zero-order valence-corrected chi connectivity index (χ0v) is 26.8. The van der Waals surface area contributed by atoms with Gasteiger partial charge in [-0.3, -0.25) is 9.59 Å². The molecule has 0 spiro atoms. The third-order valence-corrected chi connectivity index (χ3v) is 7.20. The number of Topliss-reactive ketones (excluding diaryl/α,β-unsaturated/α-hetero) is 1. The Kier molecular flexibility index (Phi) is 16.8. The molecule has 0 N–H and O–H groups in total. The normalized spacial score (nSPS) is 15.4. The third-order valence-electron chi connectivity index (χ3n) is 7.20. The van der Waals surface area contributed by atoms with Crippen LogP contribution < -0.4 is 0 Å². The lowest BCUT2D eigenvalue weighted by Crippen LogP contribution is -2.20. The summed E-state index contributed by atoms with van der Waals surface area (Å²) in [6.07, 6.45) is 23.9. The van der Waals surface area contributed by atoms with Crippen LogP contribution in [0, 0.1) is 0 Å². The van der Waals surface area contributed by atoms with Crippen molar-refractivity contribution >= 4 is 11.6 Å². The summed E-state index contributed by atoms with van der Waals surface area (Å²) in [6.45, 7) is 17.1. The van der Waals surface area contributed by atoms with E-state index in [-0.39, 0.29) is 17.3 Å². The summed E-state index contributed by atoms with van der Waals surface area (Å²) in [6, 6.07) is 0. The maximum absolute atomic E-state index is 13.1. The first-order valence-electron chi connectivity index (χ1n) is 14.9. The fourth-order valence-electron chi connectivity index (χ4n) is 4.53. The van der Waals surface area contributed by atoms with Crippen molar-refractivity contribution in [3.05, 3.63) is 92.9 Å². The van der Waals surface area contributed by atoms with Crippen LogP contribution in [-0.4, -0.2) is 18.7 Å². The quantitative estimate of drug-likeness (QED) is 0.135. The average molecular weight is 547 g/mol. The van der Waals surface area contributed by atoms with Crippen molar-refractivity contribution in [1.29, 1.82) is 0 Å². The fraction of sp³-hybridized carbons (Fsp3) is 0.514. The molecule has 0 bridgehead atoms. The van der Waals surface area contributed by atoms with E-state index < -0.39 is 0 Å². The van der Waals surface area contributed by atoms with E-state index in [2.05, 4.69) is 91.8 Å². The summed E-state index contributed by atoms with van der Waals surface area (Å²) >= 11 is 0. The van der Waals surface area contributed by atoms with Crippen molar-refractivity contribution in [1.82, 2.24) is 0 Å². The van der Waals surface area contributed by atoms with Crippen molar-refractivity contribution < 1.29 is 14.3 Å². The molecule has 0 fully saturated rings. The Morgan fingerprint density at radius 3 is 1.35 bits per heavy atom. The van der Waals surface area contributed by atoms with Crippen LogP contribution in [0.15, 0.2) is 92.9 Å². The Morgan fingerprint density at radius 2 is 0.950 bits per heavy atom. The molecule has 0 amide bonds. The molecule has 1 rings (SSSR count). The van der Waals surface area contributed by atoms with Crippen molar-refractivity contribution in [2.24, 2.45) is 0 Å². The molecule has 1 aliphatic rings. The van der Waals surface area contributed by atoms with Crippen molar-refractivity contribution in [3.63, 3.8) is 0 Å². The monoisotopic (exact) mass is 546 g/mol. The summed E-state index contributed by atoms with van der Waals surface area (Å²) in [4.78, 5) is 26.1. The number of carbonyl (C=O) groups is 2. The Morgan fingerprint density at radius 1 is 0.575 bits per heavy atom. The Balaban J connectivity index is 2.86. The lowest BCUT2D eigenvalue weighted by molar-refractivity contribution is -0.118. The Labute approximate surface area is 245 Å². The van der Waals surface area contributed by atoms with Gasteiger partial charge in [-0.15, -0.1) is 0 Å². The zero-order chi connectivity index (χ0) is 30.1. The minimum atomic E-state index is -0.169. The van der Waals surface area contributed by atoms with Gasteiger partial charge in [0.2, 0.25) is 5.78 Å². The van der Waals surface area contributed by atoms with E-state index >= 15 is 0 Å². The van der Waals surface area contributed by atoms with E-state index in [4.69, 9.17) is 4.74 Å². The SMILES string of the molecule is COC1=CC(=O)C(C/C=C(\C)CC/C=C(\C)CCC=C(C)C)=C(C/C=C(\C)CC/C=C(\C)CCC=C(C)C)C1=O. The molecule has 40 heavy (non-hydrogen) atoms. The number of ketones is 2. The summed E-state index contributed by atoms with van der Waals surface area (Å²) in [5.41, 5.74) is 9.18. The van der Waals surface area contributed by atoms with Crippen LogP contribution in [0.1, 0.15) is 120 Å². The molecule has 3 heteroatoms. The van der Waals surface area contributed by atoms with Gasteiger partial charge in [0.1, 0.15) is 0 Å². The molecule has 0 heterocycles. The summed E-state index contributed by atoms with van der Waals surface area (Å²) < 4.78 is 5.24. The second kappa shape index (κ2) is 19.2. The van der Waals surface area contributed by atoms with Crippen LogP contribution >= 0.6 is 0 Å². The van der Waals surface area contributed by atoms with Gasteiger partial charge in [0.25, 0.3) is 0 Å². The molecule has 0 aromatic heterocycles. The topological polar surface area (TPSA) is 43.4 Å². The highest BCUT2D eigenvalue weighted by Gasteiger charge is 2.27. The van der Waals surface area contributed by atoms with Crippen LogP contribution in [0.4, 0.5) is 0 Å². The molecule has 3 nitrogen and oxygen atoms in total. The van der Waals surface area contributed by atoms with Gasteiger partial charge >= 0.3 is 0 Å². The summed E-state index contributed by atoms with van der Waals surface area (Å²) in [5, 5.41) is 0. The molecular weight excluding hydrogens is 492 g/mol. The second-order valence-corrected chi connectivity index (χ2v) is 11.7. The standard InChI is InChI=1S/C37H54O3/c1-27(2)14-10-16-29(5)18-12-20-31(7)22-24-33-34(37(39)36(40-9)26-35(33)38)25-23-32(8)21-13-19-30(6)17-11-15-28(3)4/h14-15,18-19,22-23,26H,10-13,16-17,20-21,24-25H2,1-9H3/b29-18+,30-19+,31-22+,32-23+. The summed E-state index contributed by atoms with van der Waals surface area (Å²) in [5.74, 6) is -0.150. The molecule has 0 saturated carbocycles. The average Bonchev–Trinajstić information content (AvgIpc) is 2.87. The molecule has 0 unspecified atom stereocenters.